The molecule has 0 radical (unpaired) electrons. The average molecular weight is 555 g/mol. The van der Waals surface area contributed by atoms with Crippen LogP contribution in [0.3, 0.4) is 0 Å². The summed E-state index contributed by atoms with van der Waals surface area (Å²) >= 11 is 0. The van der Waals surface area contributed by atoms with E-state index in [1.54, 1.807) is 42.3 Å². The number of benzene rings is 1. The number of esters is 1. The topological polar surface area (TPSA) is 81.7 Å². The van der Waals surface area contributed by atoms with Crippen molar-refractivity contribution in [3.8, 4) is 5.75 Å². The van der Waals surface area contributed by atoms with E-state index < -0.39 is 26.8 Å². The van der Waals surface area contributed by atoms with Crippen LogP contribution in [0.25, 0.3) is 0 Å². The van der Waals surface area contributed by atoms with Crippen LogP contribution in [-0.4, -0.2) is 73.9 Å². The zero-order valence-electron chi connectivity index (χ0n) is 25.3. The Morgan fingerprint density at radius 2 is 1.58 bits per heavy atom. The van der Waals surface area contributed by atoms with Gasteiger partial charge in [0.15, 0.2) is 14.6 Å². The molecule has 0 saturated carbocycles. The van der Waals surface area contributed by atoms with Gasteiger partial charge in [0.05, 0.1) is 38.6 Å². The normalized spacial score (nSPS) is 15.3. The summed E-state index contributed by atoms with van der Waals surface area (Å²) < 4.78 is 40.6. The first-order valence-corrected chi connectivity index (χ1v) is 16.1. The van der Waals surface area contributed by atoms with E-state index in [-0.39, 0.29) is 17.1 Å². The van der Waals surface area contributed by atoms with Crippen LogP contribution >= 0.6 is 0 Å². The van der Waals surface area contributed by atoms with Crippen LogP contribution in [0.4, 0.5) is 0 Å². The summed E-state index contributed by atoms with van der Waals surface area (Å²) in [6.45, 7) is 15.1. The van der Waals surface area contributed by atoms with Gasteiger partial charge in [0, 0.05) is 39.7 Å². The molecule has 8 nitrogen and oxygen atoms in total. The van der Waals surface area contributed by atoms with Gasteiger partial charge >= 0.3 is 5.97 Å². The maximum absolute atomic E-state index is 12.6. The maximum atomic E-state index is 12.6. The third-order valence-corrected chi connectivity index (χ3v) is 11.5. The first-order valence-electron chi connectivity index (χ1n) is 13.2. The standard InChI is InChI=1S/C29H50O8Si/c1-12-35-28(30)21(2)17-26(37-38(10,11)29(3,4)5)25(18-24(32-7)19-27(33-8)34-9)36-20-22-13-15-23(31-6)16-14-22/h13-17,24-27H,12,18-20H2,1-11H3/b21-17+/t24-,25-,26-/m1/s1. The van der Waals surface area contributed by atoms with E-state index in [1.165, 1.54) is 0 Å². The fourth-order valence-electron chi connectivity index (χ4n) is 3.57. The first kappa shape index (κ1) is 34.3. The number of carbonyl (C=O) groups excluding carboxylic acids is 1. The molecule has 0 fully saturated rings. The number of hydrogen-bond acceptors (Lipinski definition) is 8. The van der Waals surface area contributed by atoms with Crippen LogP contribution in [0.2, 0.25) is 18.1 Å². The smallest absolute Gasteiger partial charge is 0.333 e. The van der Waals surface area contributed by atoms with Crippen LogP contribution in [0.1, 0.15) is 53.0 Å². The van der Waals surface area contributed by atoms with Crippen molar-refractivity contribution in [3.63, 3.8) is 0 Å². The monoisotopic (exact) mass is 554 g/mol. The molecule has 0 amide bonds. The van der Waals surface area contributed by atoms with E-state index in [0.717, 1.165) is 11.3 Å². The maximum Gasteiger partial charge on any atom is 0.333 e. The van der Waals surface area contributed by atoms with E-state index >= 15 is 0 Å². The highest BCUT2D eigenvalue weighted by Gasteiger charge is 2.41. The van der Waals surface area contributed by atoms with Crippen molar-refractivity contribution in [3.05, 3.63) is 41.5 Å². The van der Waals surface area contributed by atoms with Gasteiger partial charge in [0.2, 0.25) is 0 Å². The lowest BCUT2D eigenvalue weighted by atomic mass is 10.0. The van der Waals surface area contributed by atoms with Crippen LogP contribution in [-0.2, 0) is 39.5 Å². The van der Waals surface area contributed by atoms with Crippen LogP contribution in [0.5, 0.6) is 5.75 Å². The van der Waals surface area contributed by atoms with Crippen molar-refractivity contribution < 1.29 is 37.6 Å². The number of rotatable bonds is 17. The molecule has 0 N–H and O–H groups in total. The number of ether oxygens (including phenoxy) is 6. The molecule has 1 aromatic carbocycles. The lowest BCUT2D eigenvalue weighted by molar-refractivity contribution is -0.138. The molecular formula is C29H50O8Si. The molecule has 3 atom stereocenters. The van der Waals surface area contributed by atoms with E-state index in [4.69, 9.17) is 32.8 Å². The fraction of sp³-hybridized carbons (Fsp3) is 0.690. The van der Waals surface area contributed by atoms with Crippen LogP contribution < -0.4 is 4.74 Å². The molecule has 0 spiro atoms. The summed E-state index contributed by atoms with van der Waals surface area (Å²) in [6, 6.07) is 7.75. The molecule has 0 bridgehead atoms. The Labute approximate surface area is 231 Å². The van der Waals surface area contributed by atoms with E-state index in [0.29, 0.717) is 31.6 Å². The molecule has 0 aliphatic rings. The lowest BCUT2D eigenvalue weighted by Gasteiger charge is -2.41. The highest BCUT2D eigenvalue weighted by Crippen LogP contribution is 2.38. The van der Waals surface area contributed by atoms with Gasteiger partial charge in [-0.15, -0.1) is 0 Å². The van der Waals surface area contributed by atoms with E-state index in [9.17, 15) is 4.79 Å². The summed E-state index contributed by atoms with van der Waals surface area (Å²) in [5, 5.41) is -0.0463. The molecule has 0 aliphatic heterocycles. The Morgan fingerprint density at radius 3 is 2.05 bits per heavy atom. The largest absolute Gasteiger partial charge is 0.497 e. The molecule has 218 valence electrons. The third kappa shape index (κ3) is 11.2. The predicted molar refractivity (Wildman–Crippen MR) is 152 cm³/mol. The highest BCUT2D eigenvalue weighted by molar-refractivity contribution is 6.74. The van der Waals surface area contributed by atoms with Gasteiger partial charge in [-0.3, -0.25) is 0 Å². The van der Waals surface area contributed by atoms with Gasteiger partial charge < -0.3 is 32.8 Å². The SMILES string of the molecule is CCOC(=O)/C(C)=C/[C@@H](O[Si](C)(C)C(C)(C)C)[C@@H](C[C@H](CC(OC)OC)OC)OCc1ccc(OC)cc1. The minimum atomic E-state index is -2.26. The zero-order valence-corrected chi connectivity index (χ0v) is 26.3. The molecule has 1 aromatic rings. The van der Waals surface area contributed by atoms with E-state index in [1.807, 2.05) is 30.3 Å². The molecule has 9 heteroatoms. The van der Waals surface area contributed by atoms with Crippen molar-refractivity contribution in [2.75, 3.05) is 35.0 Å². The second-order valence-electron chi connectivity index (χ2n) is 10.8. The van der Waals surface area contributed by atoms with Crippen molar-refractivity contribution in [2.45, 2.75) is 96.8 Å². The number of hydrogen-bond donors (Lipinski definition) is 0. The van der Waals surface area contributed by atoms with Crippen molar-refractivity contribution >= 4 is 14.3 Å². The quantitative estimate of drug-likeness (QED) is 0.102. The molecule has 0 unspecified atom stereocenters. The third-order valence-electron chi connectivity index (χ3n) is 7.05. The summed E-state index contributed by atoms with van der Waals surface area (Å²) in [5.41, 5.74) is 1.47. The second-order valence-corrected chi connectivity index (χ2v) is 15.6. The fourth-order valence-corrected chi connectivity index (χ4v) is 4.82. The summed E-state index contributed by atoms with van der Waals surface area (Å²) in [6.07, 6.45) is 1.28. The summed E-state index contributed by atoms with van der Waals surface area (Å²) in [5.74, 6) is 0.411. The average Bonchev–Trinajstić information content (AvgIpc) is 2.87. The summed E-state index contributed by atoms with van der Waals surface area (Å²) in [4.78, 5) is 12.6. The first-order chi connectivity index (χ1) is 17.8. The minimum absolute atomic E-state index is 0.0463. The van der Waals surface area contributed by atoms with Crippen molar-refractivity contribution in [2.24, 2.45) is 0 Å². The predicted octanol–water partition coefficient (Wildman–Crippen LogP) is 5.89. The Balaban J connectivity index is 3.43. The van der Waals surface area contributed by atoms with Gasteiger partial charge in [-0.2, -0.15) is 0 Å². The van der Waals surface area contributed by atoms with Crippen molar-refractivity contribution in [1.29, 1.82) is 0 Å². The van der Waals surface area contributed by atoms with Gasteiger partial charge in [0.1, 0.15) is 5.75 Å². The van der Waals surface area contributed by atoms with Crippen LogP contribution in [0, 0.1) is 0 Å². The lowest BCUT2D eigenvalue weighted by Crippen LogP contribution is -2.48. The minimum Gasteiger partial charge on any atom is -0.497 e. The summed E-state index contributed by atoms with van der Waals surface area (Å²) in [7, 11) is 4.25. The molecule has 38 heavy (non-hydrogen) atoms. The highest BCUT2D eigenvalue weighted by atomic mass is 28.4. The van der Waals surface area contributed by atoms with Crippen LogP contribution in [0.15, 0.2) is 35.9 Å². The second kappa shape index (κ2) is 16.4. The van der Waals surface area contributed by atoms with Crippen molar-refractivity contribution in [1.82, 2.24) is 0 Å². The van der Waals surface area contributed by atoms with E-state index in [2.05, 4.69) is 33.9 Å². The van der Waals surface area contributed by atoms with Gasteiger partial charge in [-0.05, 0) is 55.8 Å². The molecule has 0 aromatic heterocycles. The Bertz CT molecular complexity index is 843. The molecule has 1 rings (SSSR count). The Hall–Kier alpha value is -1.75. The molecular weight excluding hydrogens is 504 g/mol. The van der Waals surface area contributed by atoms with Gasteiger partial charge in [-0.1, -0.05) is 32.9 Å². The van der Waals surface area contributed by atoms with Gasteiger partial charge in [0.25, 0.3) is 0 Å². The molecule has 0 heterocycles. The molecule has 0 aliphatic carbocycles. The Morgan fingerprint density at radius 1 is 0.974 bits per heavy atom. The Kier molecular flexibility index (Phi) is 14.8. The van der Waals surface area contributed by atoms with Gasteiger partial charge in [-0.25, -0.2) is 4.79 Å². The molecule has 0 saturated heterocycles. The zero-order chi connectivity index (χ0) is 28.9. The number of methoxy groups -OCH3 is 4. The number of carbonyl (C=O) groups is 1.